The van der Waals surface area contributed by atoms with Crippen molar-refractivity contribution in [3.05, 3.63) is 43.7 Å². The molecule has 0 bridgehead atoms. The number of esters is 2. The van der Waals surface area contributed by atoms with Crippen LogP contribution in [0.25, 0.3) is 0 Å². The molecule has 0 unspecified atom stereocenters. The topological polar surface area (TPSA) is 90.9 Å². The molecule has 0 atom stereocenters. The number of hydrogen-bond acceptors (Lipinski definition) is 7. The summed E-state index contributed by atoms with van der Waals surface area (Å²) in [5, 5.41) is 3.05. The lowest BCUT2D eigenvalue weighted by Crippen LogP contribution is -2.16. The average Bonchev–Trinajstić information content (AvgIpc) is 2.99. The fourth-order valence-corrected chi connectivity index (χ4v) is 4.10. The van der Waals surface area contributed by atoms with Crippen LogP contribution in [-0.2, 0) is 9.47 Å². The number of nitrogens with one attached hydrogen (secondary N) is 1. The molecule has 7 nitrogen and oxygen atoms in total. The summed E-state index contributed by atoms with van der Waals surface area (Å²) in [6.45, 7) is 5.20. The second-order valence-corrected chi connectivity index (χ2v) is 7.43. The zero-order valence-electron chi connectivity index (χ0n) is 16.2. The van der Waals surface area contributed by atoms with Crippen LogP contribution in [0.3, 0.4) is 0 Å². The first-order valence-electron chi connectivity index (χ1n) is 8.57. The van der Waals surface area contributed by atoms with E-state index in [1.807, 2.05) is 0 Å². The minimum Gasteiger partial charge on any atom is -0.494 e. The summed E-state index contributed by atoms with van der Waals surface area (Å²) < 4.78 is 15.3. The third-order valence-electron chi connectivity index (χ3n) is 3.80. The smallest absolute Gasteiger partial charge is 0.348 e. The highest BCUT2D eigenvalue weighted by molar-refractivity contribution is 7.18. The van der Waals surface area contributed by atoms with Gasteiger partial charge in [0.1, 0.15) is 15.4 Å². The third-order valence-corrected chi connectivity index (χ3v) is 5.60. The number of anilines is 1. The van der Waals surface area contributed by atoms with Crippen LogP contribution in [0.5, 0.6) is 5.75 Å². The molecule has 1 aromatic heterocycles. The Morgan fingerprint density at radius 1 is 1.00 bits per heavy atom. The molecule has 0 spiro atoms. The van der Waals surface area contributed by atoms with Crippen molar-refractivity contribution in [3.63, 3.8) is 0 Å². The standard InChI is InChI=1S/C19H19Cl2NO6S/c1-5-27-18(24)12-9(3)15(19(25)28-6-2)29-17(12)22-16(23)13-10(20)7-8-11(21)14(13)26-4/h7-8H,5-6H2,1-4H3,(H,22,23). The van der Waals surface area contributed by atoms with Gasteiger partial charge >= 0.3 is 11.9 Å². The maximum Gasteiger partial charge on any atom is 0.348 e. The first-order valence-corrected chi connectivity index (χ1v) is 10.1. The zero-order chi connectivity index (χ0) is 21.7. The molecule has 0 fully saturated rings. The lowest BCUT2D eigenvalue weighted by atomic mass is 10.1. The lowest BCUT2D eigenvalue weighted by molar-refractivity contribution is 0.0527. The summed E-state index contributed by atoms with van der Waals surface area (Å²) in [6, 6.07) is 2.95. The molecule has 156 valence electrons. The number of amides is 1. The normalized spacial score (nSPS) is 10.4. The van der Waals surface area contributed by atoms with Crippen molar-refractivity contribution in [2.45, 2.75) is 20.8 Å². The lowest BCUT2D eigenvalue weighted by Gasteiger charge is -2.12. The number of benzene rings is 1. The monoisotopic (exact) mass is 459 g/mol. The van der Waals surface area contributed by atoms with Gasteiger partial charge in [-0.25, -0.2) is 9.59 Å². The molecule has 0 saturated carbocycles. The van der Waals surface area contributed by atoms with E-state index in [9.17, 15) is 14.4 Å². The molecular formula is C19H19Cl2NO6S. The van der Waals surface area contributed by atoms with Crippen LogP contribution in [0.2, 0.25) is 10.0 Å². The highest BCUT2D eigenvalue weighted by Crippen LogP contribution is 2.37. The van der Waals surface area contributed by atoms with Gasteiger partial charge in [0.2, 0.25) is 0 Å². The van der Waals surface area contributed by atoms with E-state index in [1.165, 1.54) is 19.2 Å². The van der Waals surface area contributed by atoms with E-state index in [0.717, 1.165) is 11.3 Å². The molecule has 0 aliphatic carbocycles. The van der Waals surface area contributed by atoms with E-state index in [-0.39, 0.29) is 50.0 Å². The molecule has 0 saturated heterocycles. The van der Waals surface area contributed by atoms with Crippen molar-refractivity contribution in [2.75, 3.05) is 25.6 Å². The average molecular weight is 460 g/mol. The molecule has 1 heterocycles. The quantitative estimate of drug-likeness (QED) is 0.587. The number of methoxy groups -OCH3 is 1. The summed E-state index contributed by atoms with van der Waals surface area (Å²) in [4.78, 5) is 37.8. The van der Waals surface area contributed by atoms with Gasteiger partial charge in [-0.1, -0.05) is 23.2 Å². The van der Waals surface area contributed by atoms with Crippen LogP contribution >= 0.6 is 34.5 Å². The largest absolute Gasteiger partial charge is 0.494 e. The van der Waals surface area contributed by atoms with E-state index in [1.54, 1.807) is 20.8 Å². The molecule has 1 N–H and O–H groups in total. The van der Waals surface area contributed by atoms with Crippen LogP contribution in [0.1, 0.15) is 49.8 Å². The molecule has 1 aromatic carbocycles. The maximum atomic E-state index is 12.9. The molecule has 0 aliphatic rings. The van der Waals surface area contributed by atoms with E-state index >= 15 is 0 Å². The molecule has 10 heteroatoms. The first-order chi connectivity index (χ1) is 13.8. The van der Waals surface area contributed by atoms with E-state index in [4.69, 9.17) is 37.4 Å². The van der Waals surface area contributed by atoms with Crippen molar-refractivity contribution in [1.29, 1.82) is 0 Å². The minimum absolute atomic E-state index is 0.000198. The summed E-state index contributed by atoms with van der Waals surface area (Å²) in [5.74, 6) is -1.83. The third kappa shape index (κ3) is 4.83. The second-order valence-electron chi connectivity index (χ2n) is 5.59. The van der Waals surface area contributed by atoms with Crippen molar-refractivity contribution in [1.82, 2.24) is 0 Å². The Kier molecular flexibility index (Phi) is 7.89. The van der Waals surface area contributed by atoms with Crippen LogP contribution in [0, 0.1) is 6.92 Å². The molecule has 1 amide bonds. The van der Waals surface area contributed by atoms with Crippen LogP contribution in [0.4, 0.5) is 5.00 Å². The number of thiophene rings is 1. The predicted molar refractivity (Wildman–Crippen MR) is 112 cm³/mol. The van der Waals surface area contributed by atoms with Crippen molar-refractivity contribution in [2.24, 2.45) is 0 Å². The number of ether oxygens (including phenoxy) is 3. The van der Waals surface area contributed by atoms with Gasteiger partial charge in [-0.05, 0) is 38.5 Å². The van der Waals surface area contributed by atoms with Crippen molar-refractivity contribution in [3.8, 4) is 5.75 Å². The molecule has 2 rings (SSSR count). The fourth-order valence-electron chi connectivity index (χ4n) is 2.55. The molecule has 0 radical (unpaired) electrons. The molecule has 2 aromatic rings. The molecule has 0 aliphatic heterocycles. The number of carbonyl (C=O) groups excluding carboxylic acids is 3. The summed E-state index contributed by atoms with van der Waals surface area (Å²) in [6.07, 6.45) is 0. The summed E-state index contributed by atoms with van der Waals surface area (Å²) in [7, 11) is 1.35. The fraction of sp³-hybridized carbons (Fsp3) is 0.316. The van der Waals surface area contributed by atoms with E-state index < -0.39 is 17.8 Å². The van der Waals surface area contributed by atoms with Gasteiger partial charge in [0.15, 0.2) is 5.75 Å². The van der Waals surface area contributed by atoms with Gasteiger partial charge in [-0.15, -0.1) is 11.3 Å². The van der Waals surface area contributed by atoms with Gasteiger partial charge in [0.25, 0.3) is 5.91 Å². The van der Waals surface area contributed by atoms with Gasteiger partial charge in [-0.3, -0.25) is 4.79 Å². The second kappa shape index (κ2) is 9.96. The Labute approximate surface area is 181 Å². The Hall–Kier alpha value is -2.29. The van der Waals surface area contributed by atoms with E-state index in [0.29, 0.717) is 5.56 Å². The van der Waals surface area contributed by atoms with Gasteiger partial charge in [0.05, 0.1) is 35.9 Å². The number of hydrogen-bond donors (Lipinski definition) is 1. The minimum atomic E-state index is -0.670. The number of halogens is 2. The summed E-state index contributed by atoms with van der Waals surface area (Å²) in [5.41, 5.74) is 0.428. The number of carbonyl (C=O) groups is 3. The van der Waals surface area contributed by atoms with Crippen LogP contribution < -0.4 is 10.1 Å². The molecule has 29 heavy (non-hydrogen) atoms. The Morgan fingerprint density at radius 3 is 2.17 bits per heavy atom. The van der Waals surface area contributed by atoms with Gasteiger partial charge in [-0.2, -0.15) is 0 Å². The summed E-state index contributed by atoms with van der Waals surface area (Å²) >= 11 is 13.2. The SMILES string of the molecule is CCOC(=O)c1sc(NC(=O)c2c(Cl)ccc(Cl)c2OC)c(C(=O)OCC)c1C. The first kappa shape index (κ1) is 23.0. The van der Waals surface area contributed by atoms with Crippen LogP contribution in [-0.4, -0.2) is 38.2 Å². The van der Waals surface area contributed by atoms with Crippen LogP contribution in [0.15, 0.2) is 12.1 Å². The van der Waals surface area contributed by atoms with Gasteiger partial charge in [0, 0.05) is 0 Å². The Balaban J connectivity index is 2.53. The zero-order valence-corrected chi connectivity index (χ0v) is 18.5. The van der Waals surface area contributed by atoms with Gasteiger partial charge < -0.3 is 19.5 Å². The number of rotatable bonds is 7. The van der Waals surface area contributed by atoms with E-state index in [2.05, 4.69) is 5.32 Å². The maximum absolute atomic E-state index is 12.9. The Bertz CT molecular complexity index is 957. The highest BCUT2D eigenvalue weighted by atomic mass is 35.5. The predicted octanol–water partition coefficient (Wildman–Crippen LogP) is 4.98. The highest BCUT2D eigenvalue weighted by Gasteiger charge is 2.29. The van der Waals surface area contributed by atoms with Crippen molar-refractivity contribution < 1.29 is 28.6 Å². The van der Waals surface area contributed by atoms with Crippen molar-refractivity contribution >= 4 is 57.4 Å². The Morgan fingerprint density at radius 2 is 1.59 bits per heavy atom. The molecular weight excluding hydrogens is 441 g/mol.